The fraction of sp³-hybridized carbons (Fsp3) is 0.136. The summed E-state index contributed by atoms with van der Waals surface area (Å²) in [6, 6.07) is 44.6. The molecule has 0 spiro atoms. The van der Waals surface area contributed by atoms with Crippen molar-refractivity contribution in [2.45, 2.75) is 41.5 Å². The van der Waals surface area contributed by atoms with E-state index in [1.54, 1.807) is 0 Å². The number of nitrogens with zero attached hydrogens (tertiary/aromatic N) is 2. The molecular formula is C44H38Br2N2. The maximum absolute atomic E-state index is 3.63. The highest BCUT2D eigenvalue weighted by Crippen LogP contribution is 2.43. The van der Waals surface area contributed by atoms with E-state index in [1.807, 2.05) is 0 Å². The Labute approximate surface area is 300 Å². The van der Waals surface area contributed by atoms with Crippen LogP contribution in [0.15, 0.2) is 130 Å². The summed E-state index contributed by atoms with van der Waals surface area (Å²) in [6.45, 7) is 13.2. The quantitative estimate of drug-likeness (QED) is 0.156. The van der Waals surface area contributed by atoms with E-state index in [2.05, 4.69) is 205 Å². The summed E-state index contributed by atoms with van der Waals surface area (Å²) in [5.74, 6) is 0. The van der Waals surface area contributed by atoms with E-state index in [0.29, 0.717) is 0 Å². The summed E-state index contributed by atoms with van der Waals surface area (Å²) in [4.78, 5) is 4.79. The standard InChI is InChI=1S/C44H38Br2N2/c1-27-21-29(3)43(30(4)22-27)47(37-13-9-35(45)10-14-37)39-17-19-41-33(25-39)7-8-34-26-40(18-20-42(34)41)48(38-15-11-36(46)12-16-38)44-31(5)23-28(2)24-32(44)6/h7-26H,1-6H3. The second-order valence-electron chi connectivity index (χ2n) is 13.0. The summed E-state index contributed by atoms with van der Waals surface area (Å²) in [5.41, 5.74) is 14.6. The van der Waals surface area contributed by atoms with Crippen molar-refractivity contribution in [3.05, 3.63) is 164 Å². The zero-order chi connectivity index (χ0) is 33.7. The Kier molecular flexibility index (Phi) is 8.66. The molecule has 0 amide bonds. The summed E-state index contributed by atoms with van der Waals surface area (Å²) in [7, 11) is 0. The van der Waals surface area contributed by atoms with E-state index in [9.17, 15) is 0 Å². The van der Waals surface area contributed by atoms with Gasteiger partial charge >= 0.3 is 0 Å². The third kappa shape index (κ3) is 6.04. The normalized spacial score (nSPS) is 11.3. The predicted molar refractivity (Wildman–Crippen MR) is 215 cm³/mol. The zero-order valence-electron chi connectivity index (χ0n) is 28.2. The molecule has 2 nitrogen and oxygen atoms in total. The Balaban J connectivity index is 1.37. The van der Waals surface area contributed by atoms with Gasteiger partial charge in [0.05, 0.1) is 11.4 Å². The van der Waals surface area contributed by atoms with Crippen molar-refractivity contribution in [1.82, 2.24) is 0 Å². The monoisotopic (exact) mass is 752 g/mol. The molecule has 0 aliphatic heterocycles. The van der Waals surface area contributed by atoms with Gasteiger partial charge in [-0.1, -0.05) is 91.5 Å². The first-order valence-corrected chi connectivity index (χ1v) is 17.9. The third-order valence-corrected chi connectivity index (χ3v) is 10.3. The first-order valence-electron chi connectivity index (χ1n) is 16.3. The Morgan fingerprint density at radius 2 is 0.667 bits per heavy atom. The fourth-order valence-corrected chi connectivity index (χ4v) is 7.90. The Morgan fingerprint density at radius 3 is 1.00 bits per heavy atom. The molecule has 0 aromatic heterocycles. The minimum atomic E-state index is 1.07. The van der Waals surface area contributed by atoms with E-state index in [0.717, 1.165) is 31.7 Å². The van der Waals surface area contributed by atoms with Gasteiger partial charge < -0.3 is 9.80 Å². The Hall–Kier alpha value is -4.38. The Morgan fingerprint density at radius 1 is 0.354 bits per heavy atom. The first-order chi connectivity index (χ1) is 23.1. The van der Waals surface area contributed by atoms with Crippen molar-refractivity contribution in [2.75, 3.05) is 9.80 Å². The molecule has 0 heterocycles. The van der Waals surface area contributed by atoms with Crippen LogP contribution < -0.4 is 9.80 Å². The Bertz CT molecular complexity index is 2110. The second kappa shape index (κ2) is 12.9. The van der Waals surface area contributed by atoms with Gasteiger partial charge in [0.25, 0.3) is 0 Å². The molecule has 0 N–H and O–H groups in total. The van der Waals surface area contributed by atoms with Crippen molar-refractivity contribution in [3.8, 4) is 0 Å². The molecule has 0 aliphatic rings. The molecule has 238 valence electrons. The van der Waals surface area contributed by atoms with Crippen LogP contribution in [-0.2, 0) is 0 Å². The number of hydrogen-bond acceptors (Lipinski definition) is 2. The van der Waals surface area contributed by atoms with E-state index in [4.69, 9.17) is 0 Å². The van der Waals surface area contributed by atoms with Crippen molar-refractivity contribution >= 4 is 87.5 Å². The largest absolute Gasteiger partial charge is 0.310 e. The molecule has 4 heteroatoms. The van der Waals surface area contributed by atoms with Gasteiger partial charge in [-0.05, 0) is 158 Å². The lowest BCUT2D eigenvalue weighted by Crippen LogP contribution is -2.13. The van der Waals surface area contributed by atoms with Crippen molar-refractivity contribution in [3.63, 3.8) is 0 Å². The predicted octanol–water partition coefficient (Wildman–Crippen LogP) is 14.3. The number of fused-ring (bicyclic) bond motifs is 3. The van der Waals surface area contributed by atoms with Crippen LogP contribution in [-0.4, -0.2) is 0 Å². The average molecular weight is 755 g/mol. The molecule has 7 aromatic carbocycles. The van der Waals surface area contributed by atoms with Crippen LogP contribution in [0.2, 0.25) is 0 Å². The van der Waals surface area contributed by atoms with E-state index < -0.39 is 0 Å². The molecule has 0 unspecified atom stereocenters. The summed E-state index contributed by atoms with van der Waals surface area (Å²) in [6.07, 6.45) is 0. The lowest BCUT2D eigenvalue weighted by molar-refractivity contribution is 1.20. The van der Waals surface area contributed by atoms with Crippen LogP contribution in [0.5, 0.6) is 0 Å². The second-order valence-corrected chi connectivity index (χ2v) is 14.8. The molecule has 0 bridgehead atoms. The van der Waals surface area contributed by atoms with Gasteiger partial charge in [-0.15, -0.1) is 0 Å². The topological polar surface area (TPSA) is 6.48 Å². The minimum absolute atomic E-state index is 1.07. The van der Waals surface area contributed by atoms with Gasteiger partial charge in [-0.3, -0.25) is 0 Å². The highest BCUT2D eigenvalue weighted by molar-refractivity contribution is 9.10. The minimum Gasteiger partial charge on any atom is -0.310 e. The lowest BCUT2D eigenvalue weighted by atomic mass is 9.98. The van der Waals surface area contributed by atoms with Crippen LogP contribution in [0.4, 0.5) is 34.1 Å². The summed E-state index contributed by atoms with van der Waals surface area (Å²) in [5, 5.41) is 4.92. The average Bonchev–Trinajstić information content (AvgIpc) is 3.05. The molecule has 48 heavy (non-hydrogen) atoms. The van der Waals surface area contributed by atoms with Crippen LogP contribution in [0, 0.1) is 41.5 Å². The molecule has 0 fully saturated rings. The van der Waals surface area contributed by atoms with Crippen LogP contribution in [0.25, 0.3) is 21.5 Å². The highest BCUT2D eigenvalue weighted by atomic mass is 79.9. The van der Waals surface area contributed by atoms with Gasteiger partial charge in [0.15, 0.2) is 0 Å². The number of anilines is 6. The molecular weight excluding hydrogens is 716 g/mol. The number of rotatable bonds is 6. The van der Waals surface area contributed by atoms with E-state index in [-0.39, 0.29) is 0 Å². The molecule has 0 atom stereocenters. The lowest BCUT2D eigenvalue weighted by Gasteiger charge is -2.30. The molecule has 0 aliphatic carbocycles. The van der Waals surface area contributed by atoms with Crippen molar-refractivity contribution in [2.24, 2.45) is 0 Å². The first kappa shape index (κ1) is 32.2. The van der Waals surface area contributed by atoms with Crippen molar-refractivity contribution < 1.29 is 0 Å². The smallest absolute Gasteiger partial charge is 0.0520 e. The summed E-state index contributed by atoms with van der Waals surface area (Å²) >= 11 is 7.26. The summed E-state index contributed by atoms with van der Waals surface area (Å²) < 4.78 is 2.14. The highest BCUT2D eigenvalue weighted by Gasteiger charge is 2.20. The van der Waals surface area contributed by atoms with Gasteiger partial charge in [-0.2, -0.15) is 0 Å². The van der Waals surface area contributed by atoms with E-state index in [1.165, 1.54) is 66.3 Å². The number of halogens is 2. The van der Waals surface area contributed by atoms with Crippen molar-refractivity contribution in [1.29, 1.82) is 0 Å². The number of aryl methyl sites for hydroxylation is 6. The SMILES string of the molecule is Cc1cc(C)c(N(c2ccc(Br)cc2)c2ccc3c(ccc4cc(N(c5ccc(Br)cc5)c5c(C)cc(C)cc5C)ccc43)c2)c(C)c1. The molecule has 7 aromatic rings. The molecule has 7 rings (SSSR count). The fourth-order valence-electron chi connectivity index (χ4n) is 7.37. The number of hydrogen-bond donors (Lipinski definition) is 0. The maximum Gasteiger partial charge on any atom is 0.0520 e. The zero-order valence-corrected chi connectivity index (χ0v) is 31.4. The van der Waals surface area contributed by atoms with E-state index >= 15 is 0 Å². The van der Waals surface area contributed by atoms with Crippen LogP contribution >= 0.6 is 31.9 Å². The maximum atomic E-state index is 3.63. The molecule has 0 radical (unpaired) electrons. The number of benzene rings is 7. The van der Waals surface area contributed by atoms with Gasteiger partial charge in [0, 0.05) is 31.7 Å². The molecule has 0 saturated carbocycles. The van der Waals surface area contributed by atoms with Crippen LogP contribution in [0.1, 0.15) is 33.4 Å². The van der Waals surface area contributed by atoms with Gasteiger partial charge in [0.1, 0.15) is 0 Å². The molecule has 0 saturated heterocycles. The van der Waals surface area contributed by atoms with Gasteiger partial charge in [0.2, 0.25) is 0 Å². The van der Waals surface area contributed by atoms with Crippen LogP contribution in [0.3, 0.4) is 0 Å². The third-order valence-electron chi connectivity index (χ3n) is 9.21. The van der Waals surface area contributed by atoms with Gasteiger partial charge in [-0.25, -0.2) is 0 Å².